The van der Waals surface area contributed by atoms with Crippen LogP contribution in [0.5, 0.6) is 0 Å². The number of rotatable bonds is 5. The summed E-state index contributed by atoms with van der Waals surface area (Å²) in [4.78, 5) is 30.7. The van der Waals surface area contributed by atoms with E-state index >= 15 is 0 Å². The van der Waals surface area contributed by atoms with Crippen molar-refractivity contribution in [2.75, 3.05) is 26.7 Å². The molecule has 2 aliphatic rings. The minimum atomic E-state index is -0.524. The quantitative estimate of drug-likeness (QED) is 0.714. The molecule has 30 heavy (non-hydrogen) atoms. The molecule has 0 bridgehead atoms. The largest absolute Gasteiger partial charge is 0.467 e. The zero-order valence-corrected chi connectivity index (χ0v) is 17.6. The van der Waals surface area contributed by atoms with Crippen molar-refractivity contribution in [2.45, 2.75) is 43.7 Å². The zero-order valence-electron chi connectivity index (χ0n) is 17.6. The fraction of sp³-hybridized carbons (Fsp3) is 0.440. The van der Waals surface area contributed by atoms with Crippen molar-refractivity contribution < 1.29 is 14.3 Å². The van der Waals surface area contributed by atoms with Crippen molar-refractivity contribution in [2.24, 2.45) is 0 Å². The number of nitrogens with zero attached hydrogens (tertiary/aromatic N) is 2. The van der Waals surface area contributed by atoms with E-state index in [1.165, 1.54) is 26.4 Å². The number of hydrogen-bond acceptors (Lipinski definition) is 4. The molecule has 0 N–H and O–H groups in total. The van der Waals surface area contributed by atoms with Crippen LogP contribution in [0.25, 0.3) is 0 Å². The number of esters is 1. The molecule has 0 saturated carbocycles. The van der Waals surface area contributed by atoms with Gasteiger partial charge in [0.25, 0.3) is 0 Å². The highest BCUT2D eigenvalue weighted by molar-refractivity contribution is 5.91. The van der Waals surface area contributed by atoms with Gasteiger partial charge in [0.15, 0.2) is 0 Å². The average molecular weight is 407 g/mol. The highest BCUT2D eigenvalue weighted by atomic mass is 16.5. The van der Waals surface area contributed by atoms with Gasteiger partial charge in [-0.2, -0.15) is 0 Å². The van der Waals surface area contributed by atoms with Crippen LogP contribution in [0.3, 0.4) is 0 Å². The molecule has 0 spiro atoms. The third-order valence-corrected chi connectivity index (χ3v) is 6.46. The number of piperidine rings is 1. The minimum absolute atomic E-state index is 0.0256. The van der Waals surface area contributed by atoms with E-state index in [1.807, 2.05) is 60.7 Å². The van der Waals surface area contributed by atoms with Crippen molar-refractivity contribution >= 4 is 11.9 Å². The molecule has 2 fully saturated rings. The maximum Gasteiger partial charge on any atom is 0.328 e. The summed E-state index contributed by atoms with van der Waals surface area (Å²) in [5.74, 6) is -0.773. The second kappa shape index (κ2) is 9.43. The predicted octanol–water partition coefficient (Wildman–Crippen LogP) is 3.45. The summed E-state index contributed by atoms with van der Waals surface area (Å²) < 4.78 is 5.09. The maximum atomic E-state index is 13.9. The first kappa shape index (κ1) is 20.6. The van der Waals surface area contributed by atoms with Crippen LogP contribution in [-0.4, -0.2) is 60.5 Å². The SMILES string of the molecule is COC(=O)[C@@H]1C[C@H](N2CCCCC2)CN1C(=O)C(c1ccccc1)c1ccccc1. The fourth-order valence-corrected chi connectivity index (χ4v) is 4.90. The van der Waals surface area contributed by atoms with Crippen LogP contribution in [0.15, 0.2) is 60.7 Å². The van der Waals surface area contributed by atoms with Crippen LogP contribution in [0.1, 0.15) is 42.7 Å². The van der Waals surface area contributed by atoms with Crippen LogP contribution in [0.4, 0.5) is 0 Å². The first-order valence-corrected chi connectivity index (χ1v) is 10.9. The Morgan fingerprint density at radius 2 is 1.47 bits per heavy atom. The van der Waals surface area contributed by atoms with Crippen LogP contribution < -0.4 is 0 Å². The molecule has 2 heterocycles. The maximum absolute atomic E-state index is 13.9. The van der Waals surface area contributed by atoms with Gasteiger partial charge in [-0.05, 0) is 43.5 Å². The van der Waals surface area contributed by atoms with Gasteiger partial charge in [-0.1, -0.05) is 67.1 Å². The van der Waals surface area contributed by atoms with Crippen molar-refractivity contribution in [1.29, 1.82) is 0 Å². The van der Waals surface area contributed by atoms with Crippen LogP contribution in [0, 0.1) is 0 Å². The lowest BCUT2D eigenvalue weighted by atomic mass is 9.90. The van der Waals surface area contributed by atoms with Gasteiger partial charge in [0.2, 0.25) is 5.91 Å². The van der Waals surface area contributed by atoms with E-state index in [-0.39, 0.29) is 17.9 Å². The van der Waals surface area contributed by atoms with Gasteiger partial charge in [0.05, 0.1) is 13.0 Å². The van der Waals surface area contributed by atoms with Gasteiger partial charge in [-0.3, -0.25) is 9.69 Å². The molecule has 5 nitrogen and oxygen atoms in total. The smallest absolute Gasteiger partial charge is 0.328 e. The van der Waals surface area contributed by atoms with E-state index in [9.17, 15) is 9.59 Å². The number of hydrogen-bond donors (Lipinski definition) is 0. The van der Waals surface area contributed by atoms with Gasteiger partial charge in [0.1, 0.15) is 6.04 Å². The molecule has 2 aromatic rings. The topological polar surface area (TPSA) is 49.9 Å². The second-order valence-electron chi connectivity index (χ2n) is 8.27. The summed E-state index contributed by atoms with van der Waals surface area (Å²) in [7, 11) is 1.41. The number of benzene rings is 2. The summed E-state index contributed by atoms with van der Waals surface area (Å²) in [6.45, 7) is 2.66. The molecule has 1 amide bonds. The number of likely N-dealkylation sites (tertiary alicyclic amines) is 2. The summed E-state index contributed by atoms with van der Waals surface area (Å²) in [6, 6.07) is 19.4. The molecule has 0 aliphatic carbocycles. The predicted molar refractivity (Wildman–Crippen MR) is 116 cm³/mol. The standard InChI is InChI=1S/C25H30N2O3/c1-30-25(29)22-17-21(26-15-9-4-10-16-26)18-27(22)24(28)23(19-11-5-2-6-12-19)20-13-7-3-8-14-20/h2-3,5-8,11-14,21-23H,4,9-10,15-18H2,1H3/t21-,22-/m0/s1. The lowest BCUT2D eigenvalue weighted by Crippen LogP contribution is -2.45. The Labute approximate surface area is 178 Å². The molecule has 158 valence electrons. The second-order valence-corrected chi connectivity index (χ2v) is 8.27. The molecule has 5 heteroatoms. The fourth-order valence-electron chi connectivity index (χ4n) is 4.90. The van der Waals surface area contributed by atoms with Gasteiger partial charge >= 0.3 is 5.97 Å². The van der Waals surface area contributed by atoms with Crippen molar-refractivity contribution in [3.05, 3.63) is 71.8 Å². The number of carbonyl (C=O) groups is 2. The Morgan fingerprint density at radius 1 is 0.900 bits per heavy atom. The molecule has 4 rings (SSSR count). The summed E-state index contributed by atoms with van der Waals surface area (Å²) in [5.41, 5.74) is 1.89. The van der Waals surface area contributed by atoms with Crippen molar-refractivity contribution in [3.8, 4) is 0 Å². The zero-order chi connectivity index (χ0) is 20.9. The van der Waals surface area contributed by atoms with E-state index in [1.54, 1.807) is 4.90 Å². The lowest BCUT2D eigenvalue weighted by molar-refractivity contribution is -0.151. The Hall–Kier alpha value is -2.66. The molecule has 0 unspecified atom stereocenters. The number of amides is 1. The van der Waals surface area contributed by atoms with Crippen molar-refractivity contribution in [3.63, 3.8) is 0 Å². The molecule has 2 atom stereocenters. The summed E-state index contributed by atoms with van der Waals surface area (Å²) in [5, 5.41) is 0. The summed E-state index contributed by atoms with van der Waals surface area (Å²) in [6.07, 6.45) is 4.28. The monoisotopic (exact) mass is 406 g/mol. The normalized spacial score (nSPS) is 22.3. The molecule has 0 radical (unpaired) electrons. The molecule has 0 aromatic heterocycles. The number of ether oxygens (including phenoxy) is 1. The van der Waals surface area contributed by atoms with Crippen molar-refractivity contribution in [1.82, 2.24) is 9.80 Å². The Balaban J connectivity index is 1.65. The van der Waals surface area contributed by atoms with E-state index in [0.717, 1.165) is 24.2 Å². The molecule has 2 aliphatic heterocycles. The highest BCUT2D eigenvalue weighted by Gasteiger charge is 2.44. The third-order valence-electron chi connectivity index (χ3n) is 6.46. The highest BCUT2D eigenvalue weighted by Crippen LogP contribution is 2.32. The van der Waals surface area contributed by atoms with Gasteiger partial charge < -0.3 is 9.64 Å². The van der Waals surface area contributed by atoms with E-state index in [2.05, 4.69) is 4.90 Å². The van der Waals surface area contributed by atoms with E-state index < -0.39 is 12.0 Å². The van der Waals surface area contributed by atoms with E-state index in [0.29, 0.717) is 13.0 Å². The van der Waals surface area contributed by atoms with Gasteiger partial charge in [0, 0.05) is 12.6 Å². The Bertz CT molecular complexity index is 810. The average Bonchev–Trinajstić information content (AvgIpc) is 3.26. The molecular formula is C25H30N2O3. The first-order valence-electron chi connectivity index (χ1n) is 10.9. The Kier molecular flexibility index (Phi) is 6.48. The lowest BCUT2D eigenvalue weighted by Gasteiger charge is -2.32. The van der Waals surface area contributed by atoms with Gasteiger partial charge in [-0.25, -0.2) is 4.79 Å². The first-order chi connectivity index (χ1) is 14.7. The van der Waals surface area contributed by atoms with Gasteiger partial charge in [-0.15, -0.1) is 0 Å². The van der Waals surface area contributed by atoms with Crippen LogP contribution in [-0.2, 0) is 14.3 Å². The number of methoxy groups -OCH3 is 1. The molecule has 2 aromatic carbocycles. The minimum Gasteiger partial charge on any atom is -0.467 e. The number of carbonyl (C=O) groups excluding carboxylic acids is 2. The van der Waals surface area contributed by atoms with Crippen LogP contribution >= 0.6 is 0 Å². The Morgan fingerprint density at radius 3 is 2.00 bits per heavy atom. The van der Waals surface area contributed by atoms with Crippen LogP contribution in [0.2, 0.25) is 0 Å². The molecule has 2 saturated heterocycles. The third kappa shape index (κ3) is 4.26. The molecular weight excluding hydrogens is 376 g/mol. The summed E-state index contributed by atoms with van der Waals surface area (Å²) >= 11 is 0. The van der Waals surface area contributed by atoms with E-state index in [4.69, 9.17) is 4.74 Å².